The predicted octanol–water partition coefficient (Wildman–Crippen LogP) is 4.85. The molecule has 0 radical (unpaired) electrons. The minimum Gasteiger partial charge on any atom is -0.241 e. The normalized spacial score (nSPS) is 10.5. The number of nitrogens with zero attached hydrogens (tertiary/aromatic N) is 1. The monoisotopic (exact) mass is 275 g/mol. The van der Waals surface area contributed by atoms with Gasteiger partial charge in [0, 0.05) is 27.4 Å². The second kappa shape index (κ2) is 4.58. The van der Waals surface area contributed by atoms with Crippen molar-refractivity contribution in [2.75, 3.05) is 0 Å². The summed E-state index contributed by atoms with van der Waals surface area (Å²) in [6.45, 7) is 0. The van der Waals surface area contributed by atoms with E-state index in [1.165, 1.54) is 12.3 Å². The molecule has 1 nitrogen and oxygen atoms in total. The minimum absolute atomic E-state index is 0.158. The molecule has 0 unspecified atom stereocenters. The zero-order chi connectivity index (χ0) is 11.7. The Hall–Kier alpha value is -0.830. The molecule has 0 aliphatic carbocycles. The second-order valence-electron chi connectivity index (χ2n) is 3.12. The Labute approximate surface area is 107 Å². The first-order valence-corrected chi connectivity index (χ1v) is 5.48. The number of hydrogen-bond acceptors (Lipinski definition) is 1. The average molecular weight is 277 g/mol. The van der Waals surface area contributed by atoms with Gasteiger partial charge in [0.15, 0.2) is 11.0 Å². The summed E-state index contributed by atoms with van der Waals surface area (Å²) in [5.41, 5.74) is 1.22. The highest BCUT2D eigenvalue weighted by Crippen LogP contribution is 2.30. The van der Waals surface area contributed by atoms with Crippen LogP contribution >= 0.6 is 34.8 Å². The Bertz CT molecular complexity index is 543. The number of benzene rings is 1. The van der Waals surface area contributed by atoms with Crippen LogP contribution in [0.25, 0.3) is 11.1 Å². The van der Waals surface area contributed by atoms with Crippen LogP contribution in [-0.2, 0) is 0 Å². The van der Waals surface area contributed by atoms with E-state index in [0.29, 0.717) is 21.2 Å². The van der Waals surface area contributed by atoms with Gasteiger partial charge in [0.05, 0.1) is 0 Å². The van der Waals surface area contributed by atoms with Crippen LogP contribution in [0.2, 0.25) is 15.2 Å². The topological polar surface area (TPSA) is 12.9 Å². The summed E-state index contributed by atoms with van der Waals surface area (Å²) in [5.74, 6) is -0.579. The van der Waals surface area contributed by atoms with Crippen molar-refractivity contribution in [1.82, 2.24) is 4.98 Å². The maximum atomic E-state index is 13.2. The molecule has 82 valence electrons. The molecule has 0 spiro atoms. The van der Waals surface area contributed by atoms with E-state index >= 15 is 0 Å². The molecule has 0 fully saturated rings. The Morgan fingerprint density at radius 3 is 2.44 bits per heavy atom. The van der Waals surface area contributed by atoms with Crippen LogP contribution in [0, 0.1) is 5.82 Å². The maximum absolute atomic E-state index is 13.2. The summed E-state index contributed by atoms with van der Waals surface area (Å²) < 4.78 is 13.2. The number of rotatable bonds is 1. The van der Waals surface area contributed by atoms with Crippen LogP contribution in [0.1, 0.15) is 0 Å². The molecule has 0 bridgehead atoms. The summed E-state index contributed by atoms with van der Waals surface area (Å²) in [6.07, 6.45) is 1.46. The van der Waals surface area contributed by atoms with Crippen molar-refractivity contribution in [2.45, 2.75) is 0 Å². The van der Waals surface area contributed by atoms with E-state index in [1.807, 2.05) is 0 Å². The lowest BCUT2D eigenvalue weighted by Gasteiger charge is -2.05. The van der Waals surface area contributed by atoms with E-state index < -0.39 is 5.82 Å². The molecule has 0 amide bonds. The first-order chi connectivity index (χ1) is 7.58. The zero-order valence-corrected chi connectivity index (χ0v) is 10.1. The van der Waals surface area contributed by atoms with Gasteiger partial charge in [0.25, 0.3) is 0 Å². The van der Waals surface area contributed by atoms with Crippen molar-refractivity contribution in [3.05, 3.63) is 51.5 Å². The van der Waals surface area contributed by atoms with Crippen LogP contribution in [-0.4, -0.2) is 4.98 Å². The van der Waals surface area contributed by atoms with Gasteiger partial charge in [-0.05, 0) is 18.2 Å². The zero-order valence-electron chi connectivity index (χ0n) is 7.85. The van der Waals surface area contributed by atoms with Crippen molar-refractivity contribution in [3.63, 3.8) is 0 Å². The van der Waals surface area contributed by atoms with E-state index in [4.69, 9.17) is 34.8 Å². The van der Waals surface area contributed by atoms with E-state index in [0.717, 1.165) is 0 Å². The Balaban J connectivity index is 2.54. The molecule has 0 saturated carbocycles. The van der Waals surface area contributed by atoms with Gasteiger partial charge in [0.2, 0.25) is 0 Å². The third-order valence-electron chi connectivity index (χ3n) is 2.04. The molecule has 1 heterocycles. The van der Waals surface area contributed by atoms with Crippen LogP contribution in [0.3, 0.4) is 0 Å². The molecular weight excluding hydrogens is 271 g/mol. The van der Waals surface area contributed by atoms with Crippen molar-refractivity contribution in [3.8, 4) is 11.1 Å². The quantitative estimate of drug-likeness (QED) is 0.679. The third kappa shape index (κ3) is 2.29. The number of aromatic nitrogens is 1. The fourth-order valence-electron chi connectivity index (χ4n) is 1.29. The molecule has 16 heavy (non-hydrogen) atoms. The molecule has 0 N–H and O–H groups in total. The number of halogens is 4. The lowest BCUT2D eigenvalue weighted by Crippen LogP contribution is -1.86. The lowest BCUT2D eigenvalue weighted by molar-refractivity contribution is 0.622. The first kappa shape index (κ1) is 11.6. The molecule has 0 aliphatic heterocycles. The SMILES string of the molecule is Fc1cc(-c2ccc(Cl)cc2Cl)cnc1Cl. The van der Waals surface area contributed by atoms with E-state index in [-0.39, 0.29) is 5.15 Å². The molecule has 5 heteroatoms. The molecule has 2 rings (SSSR count). The van der Waals surface area contributed by atoms with Crippen molar-refractivity contribution in [1.29, 1.82) is 0 Å². The summed E-state index contributed by atoms with van der Waals surface area (Å²) >= 11 is 17.2. The second-order valence-corrected chi connectivity index (χ2v) is 4.32. The van der Waals surface area contributed by atoms with Crippen molar-refractivity contribution < 1.29 is 4.39 Å². The molecule has 1 aromatic carbocycles. The van der Waals surface area contributed by atoms with Crippen LogP contribution in [0.15, 0.2) is 30.5 Å². The lowest BCUT2D eigenvalue weighted by atomic mass is 10.1. The molecule has 0 atom stereocenters. The van der Waals surface area contributed by atoms with Gasteiger partial charge in [-0.15, -0.1) is 0 Å². The van der Waals surface area contributed by atoms with Crippen LogP contribution in [0.5, 0.6) is 0 Å². The predicted molar refractivity (Wildman–Crippen MR) is 64.7 cm³/mol. The standard InChI is InChI=1S/C11H5Cl3FN/c12-7-1-2-8(9(13)4-7)6-3-10(15)11(14)16-5-6/h1-5H. The summed E-state index contributed by atoms with van der Waals surface area (Å²) in [5, 5.41) is 0.806. The summed E-state index contributed by atoms with van der Waals surface area (Å²) in [4.78, 5) is 3.72. The van der Waals surface area contributed by atoms with Gasteiger partial charge >= 0.3 is 0 Å². The van der Waals surface area contributed by atoms with Crippen LogP contribution in [0.4, 0.5) is 4.39 Å². The van der Waals surface area contributed by atoms with Gasteiger partial charge in [0.1, 0.15) is 0 Å². The first-order valence-electron chi connectivity index (χ1n) is 4.34. The third-order valence-corrected chi connectivity index (χ3v) is 2.86. The summed E-state index contributed by atoms with van der Waals surface area (Å²) in [6, 6.07) is 6.25. The Kier molecular flexibility index (Phi) is 3.33. The van der Waals surface area contributed by atoms with Gasteiger partial charge in [-0.25, -0.2) is 9.37 Å². The Morgan fingerprint density at radius 2 is 1.81 bits per heavy atom. The van der Waals surface area contributed by atoms with Crippen LogP contribution < -0.4 is 0 Å². The van der Waals surface area contributed by atoms with E-state index in [9.17, 15) is 4.39 Å². The van der Waals surface area contributed by atoms with Gasteiger partial charge in [-0.1, -0.05) is 40.9 Å². The van der Waals surface area contributed by atoms with Crippen molar-refractivity contribution in [2.24, 2.45) is 0 Å². The Morgan fingerprint density at radius 1 is 1.06 bits per heavy atom. The van der Waals surface area contributed by atoms with Gasteiger partial charge in [-0.2, -0.15) is 0 Å². The molecule has 0 saturated heterocycles. The molecular formula is C11H5Cl3FN. The highest BCUT2D eigenvalue weighted by Gasteiger charge is 2.08. The smallest absolute Gasteiger partial charge is 0.164 e. The van der Waals surface area contributed by atoms with Crippen molar-refractivity contribution >= 4 is 34.8 Å². The highest BCUT2D eigenvalue weighted by molar-refractivity contribution is 6.36. The molecule has 0 aliphatic rings. The fraction of sp³-hybridized carbons (Fsp3) is 0. The number of hydrogen-bond donors (Lipinski definition) is 0. The highest BCUT2D eigenvalue weighted by atomic mass is 35.5. The molecule has 1 aromatic heterocycles. The van der Waals surface area contributed by atoms with E-state index in [2.05, 4.69) is 4.98 Å². The number of pyridine rings is 1. The largest absolute Gasteiger partial charge is 0.241 e. The molecule has 2 aromatic rings. The average Bonchev–Trinajstić information content (AvgIpc) is 2.22. The van der Waals surface area contributed by atoms with Gasteiger partial charge in [-0.3, -0.25) is 0 Å². The summed E-state index contributed by atoms with van der Waals surface area (Å²) in [7, 11) is 0. The fourth-order valence-corrected chi connectivity index (χ4v) is 1.91. The van der Waals surface area contributed by atoms with Gasteiger partial charge < -0.3 is 0 Å². The van der Waals surface area contributed by atoms with E-state index in [1.54, 1.807) is 18.2 Å². The minimum atomic E-state index is -0.579. The maximum Gasteiger partial charge on any atom is 0.164 e.